The Balaban J connectivity index is 1.95. The van der Waals surface area contributed by atoms with Crippen molar-refractivity contribution in [3.8, 4) is 5.75 Å². The van der Waals surface area contributed by atoms with Gasteiger partial charge in [-0.1, -0.05) is 37.4 Å². The van der Waals surface area contributed by atoms with Crippen molar-refractivity contribution in [2.75, 3.05) is 39.1 Å². The smallest absolute Gasteiger partial charge is 0.239 e. The minimum absolute atomic E-state index is 0.196. The van der Waals surface area contributed by atoms with E-state index in [0.717, 1.165) is 19.3 Å². The number of thiocarbonyl (C=S) groups is 1. The third kappa shape index (κ3) is 7.10. The van der Waals surface area contributed by atoms with E-state index in [1.54, 1.807) is 24.4 Å². The molecular weight excluding hydrogens is 408 g/mol. The molecule has 158 valence electrons. The van der Waals surface area contributed by atoms with Crippen LogP contribution in [-0.2, 0) is 4.79 Å². The average molecular weight is 437 g/mol. The van der Waals surface area contributed by atoms with Crippen LogP contribution in [0.25, 0.3) is 0 Å². The molecule has 1 heterocycles. The number of carbonyl (C=O) groups excluding carboxylic acids is 1. The van der Waals surface area contributed by atoms with Crippen LogP contribution in [0.5, 0.6) is 5.75 Å². The molecule has 0 aliphatic carbocycles. The van der Waals surface area contributed by atoms with Crippen molar-refractivity contribution in [2.45, 2.75) is 26.2 Å². The molecule has 0 spiro atoms. The summed E-state index contributed by atoms with van der Waals surface area (Å²) in [5, 5.41) is 6.50. The van der Waals surface area contributed by atoms with Crippen LogP contribution < -0.4 is 15.4 Å². The Morgan fingerprint density at radius 3 is 2.79 bits per heavy atom. The second kappa shape index (κ2) is 11.3. The first-order chi connectivity index (χ1) is 13.9. The monoisotopic (exact) mass is 436 g/mol. The second-order valence-electron chi connectivity index (χ2n) is 7.35. The van der Waals surface area contributed by atoms with Gasteiger partial charge in [-0.05, 0) is 57.0 Å². The topological polar surface area (TPSA) is 66.0 Å². The van der Waals surface area contributed by atoms with E-state index in [2.05, 4.69) is 22.5 Å². The van der Waals surface area contributed by atoms with Gasteiger partial charge in [0.25, 0.3) is 0 Å². The van der Waals surface area contributed by atoms with Crippen LogP contribution in [-0.4, -0.2) is 55.9 Å². The van der Waals surface area contributed by atoms with Crippen molar-refractivity contribution < 1.29 is 9.53 Å². The number of unbranched alkanes of at least 4 members (excludes halogenated alkanes) is 2. The summed E-state index contributed by atoms with van der Waals surface area (Å²) >= 11 is 11.6. The van der Waals surface area contributed by atoms with E-state index in [0.29, 0.717) is 36.2 Å². The molecule has 0 aromatic heterocycles. The number of nitrogens with one attached hydrogen (secondary N) is 2. The van der Waals surface area contributed by atoms with Gasteiger partial charge < -0.3 is 20.3 Å². The van der Waals surface area contributed by atoms with Crippen LogP contribution in [0.15, 0.2) is 35.3 Å². The highest BCUT2D eigenvalue weighted by molar-refractivity contribution is 7.80. The molecule has 0 bridgehead atoms. The van der Waals surface area contributed by atoms with Gasteiger partial charge >= 0.3 is 0 Å². The summed E-state index contributed by atoms with van der Waals surface area (Å²) in [6, 6.07) is 5.35. The molecular formula is C21H29ClN4O2S. The lowest BCUT2D eigenvalue weighted by atomic mass is 9.84. The molecule has 2 N–H and O–H groups in total. The number of hydrogen-bond acceptors (Lipinski definition) is 5. The van der Waals surface area contributed by atoms with Gasteiger partial charge in [-0.2, -0.15) is 0 Å². The van der Waals surface area contributed by atoms with Gasteiger partial charge in [-0.3, -0.25) is 9.79 Å². The van der Waals surface area contributed by atoms with E-state index in [1.165, 1.54) is 0 Å². The number of benzene rings is 1. The number of amides is 1. The number of anilines is 1. The molecule has 1 unspecified atom stereocenters. The third-order valence-electron chi connectivity index (χ3n) is 4.45. The van der Waals surface area contributed by atoms with Gasteiger partial charge in [0, 0.05) is 18.4 Å². The Morgan fingerprint density at radius 2 is 2.17 bits per heavy atom. The van der Waals surface area contributed by atoms with Crippen molar-refractivity contribution >= 4 is 46.7 Å². The first-order valence-corrected chi connectivity index (χ1v) is 10.5. The molecule has 1 aromatic carbocycles. The fourth-order valence-corrected chi connectivity index (χ4v) is 3.51. The third-order valence-corrected chi connectivity index (χ3v) is 4.95. The molecule has 8 heteroatoms. The molecule has 1 aliphatic rings. The number of aliphatic imine (C=N–C) groups is 1. The summed E-state index contributed by atoms with van der Waals surface area (Å²) in [4.78, 5) is 19.1. The molecule has 0 radical (unpaired) electrons. The summed E-state index contributed by atoms with van der Waals surface area (Å²) in [6.07, 6.45) is 8.63. The van der Waals surface area contributed by atoms with Gasteiger partial charge in [-0.25, -0.2) is 0 Å². The molecule has 6 nitrogen and oxygen atoms in total. The number of ether oxygens (including phenoxy) is 1. The van der Waals surface area contributed by atoms with Crippen LogP contribution in [0.4, 0.5) is 5.69 Å². The lowest BCUT2D eigenvalue weighted by Crippen LogP contribution is -2.51. The van der Waals surface area contributed by atoms with Crippen LogP contribution in [0, 0.1) is 5.41 Å². The quantitative estimate of drug-likeness (QED) is 0.453. The van der Waals surface area contributed by atoms with Gasteiger partial charge in [0.1, 0.15) is 5.75 Å². The van der Waals surface area contributed by atoms with Gasteiger partial charge in [-0.15, -0.1) is 0 Å². The van der Waals surface area contributed by atoms with Gasteiger partial charge in [0.15, 0.2) is 5.11 Å². The SMILES string of the molecule is CCCCCOc1ccc(NC(=S)NC(=O)C2(CN(C)C)C=CC=NC2)cc1Cl. The van der Waals surface area contributed by atoms with Crippen LogP contribution >= 0.6 is 23.8 Å². The summed E-state index contributed by atoms with van der Waals surface area (Å²) in [6.45, 7) is 3.70. The Morgan fingerprint density at radius 1 is 1.38 bits per heavy atom. The number of halogens is 1. The summed E-state index contributed by atoms with van der Waals surface area (Å²) in [5.41, 5.74) is -0.0715. The number of nitrogens with zero attached hydrogens (tertiary/aromatic N) is 2. The standard InChI is InChI=1S/C21H29ClN4O2S/c1-4-5-6-12-28-18-9-8-16(13-17(18)22)24-20(29)25-19(27)21(15-26(2)3)10-7-11-23-14-21/h7-11,13H,4-6,12,14-15H2,1-3H3,(H2,24,25,27,29). The summed E-state index contributed by atoms with van der Waals surface area (Å²) in [7, 11) is 3.84. The molecule has 29 heavy (non-hydrogen) atoms. The summed E-state index contributed by atoms with van der Waals surface area (Å²) in [5.74, 6) is 0.442. The first kappa shape index (κ1) is 23.3. The Bertz CT molecular complexity index is 782. The van der Waals surface area contributed by atoms with Crippen molar-refractivity contribution in [1.29, 1.82) is 0 Å². The summed E-state index contributed by atoms with van der Waals surface area (Å²) < 4.78 is 5.70. The van der Waals surface area contributed by atoms with E-state index in [9.17, 15) is 4.79 Å². The number of dihydropyridines is 1. The molecule has 2 rings (SSSR count). The largest absolute Gasteiger partial charge is 0.492 e. The van der Waals surface area contributed by atoms with Crippen molar-refractivity contribution in [2.24, 2.45) is 10.4 Å². The van der Waals surface area contributed by atoms with Crippen LogP contribution in [0.3, 0.4) is 0 Å². The van der Waals surface area contributed by atoms with E-state index < -0.39 is 5.41 Å². The maximum atomic E-state index is 12.9. The lowest BCUT2D eigenvalue weighted by Gasteiger charge is -2.32. The zero-order valence-electron chi connectivity index (χ0n) is 17.2. The molecule has 1 amide bonds. The molecule has 0 saturated carbocycles. The Labute approximate surface area is 183 Å². The molecule has 0 saturated heterocycles. The van der Waals surface area contributed by atoms with E-state index >= 15 is 0 Å². The van der Waals surface area contributed by atoms with Crippen molar-refractivity contribution in [3.63, 3.8) is 0 Å². The normalized spacial score (nSPS) is 18.0. The van der Waals surface area contributed by atoms with Crippen molar-refractivity contribution in [3.05, 3.63) is 35.4 Å². The van der Waals surface area contributed by atoms with E-state index in [-0.39, 0.29) is 11.0 Å². The molecule has 1 aromatic rings. The Hall–Kier alpha value is -1.96. The highest BCUT2D eigenvalue weighted by atomic mass is 35.5. The Kier molecular flexibility index (Phi) is 9.07. The van der Waals surface area contributed by atoms with Gasteiger partial charge in [0.2, 0.25) is 5.91 Å². The van der Waals surface area contributed by atoms with Crippen LogP contribution in [0.2, 0.25) is 5.02 Å². The van der Waals surface area contributed by atoms with E-state index in [1.807, 2.05) is 31.1 Å². The first-order valence-electron chi connectivity index (χ1n) is 9.73. The number of rotatable bonds is 9. The van der Waals surface area contributed by atoms with E-state index in [4.69, 9.17) is 28.6 Å². The number of allylic oxidation sites excluding steroid dienone is 1. The fourth-order valence-electron chi connectivity index (χ4n) is 3.06. The highest BCUT2D eigenvalue weighted by Crippen LogP contribution is 2.28. The minimum atomic E-state index is -0.752. The minimum Gasteiger partial charge on any atom is -0.492 e. The zero-order chi connectivity index (χ0) is 21.3. The maximum absolute atomic E-state index is 12.9. The average Bonchev–Trinajstić information content (AvgIpc) is 2.66. The van der Waals surface area contributed by atoms with Gasteiger partial charge in [0.05, 0.1) is 23.6 Å². The van der Waals surface area contributed by atoms with Crippen LogP contribution in [0.1, 0.15) is 26.2 Å². The lowest BCUT2D eigenvalue weighted by molar-refractivity contribution is -0.127. The number of hydrogen-bond donors (Lipinski definition) is 2. The highest BCUT2D eigenvalue weighted by Gasteiger charge is 2.37. The second-order valence-corrected chi connectivity index (χ2v) is 8.17. The fraction of sp³-hybridized carbons (Fsp3) is 0.476. The number of carbonyl (C=O) groups is 1. The molecule has 1 atom stereocenters. The van der Waals surface area contributed by atoms with Crippen molar-refractivity contribution in [1.82, 2.24) is 10.2 Å². The maximum Gasteiger partial charge on any atom is 0.239 e. The predicted molar refractivity (Wildman–Crippen MR) is 124 cm³/mol. The zero-order valence-corrected chi connectivity index (χ0v) is 18.8. The molecule has 1 aliphatic heterocycles. The molecule has 0 fully saturated rings. The predicted octanol–water partition coefficient (Wildman–Crippen LogP) is 3.91.